The highest BCUT2D eigenvalue weighted by Crippen LogP contribution is 2.26. The molecule has 8 heteroatoms. The third-order valence-corrected chi connectivity index (χ3v) is 4.52. The fraction of sp³-hybridized carbons (Fsp3) is 0.118. The summed E-state index contributed by atoms with van der Waals surface area (Å²) >= 11 is 7.43. The van der Waals surface area contributed by atoms with Crippen LogP contribution < -0.4 is 5.32 Å². The number of hydrogen-bond acceptors (Lipinski definition) is 5. The molecule has 0 saturated carbocycles. The van der Waals surface area contributed by atoms with Gasteiger partial charge in [-0.15, -0.1) is 11.3 Å². The van der Waals surface area contributed by atoms with Crippen LogP contribution in [-0.4, -0.2) is 35.8 Å². The number of rotatable bonds is 4. The number of nitrogens with one attached hydrogen (secondary N) is 1. The van der Waals surface area contributed by atoms with Crippen LogP contribution in [0.1, 0.15) is 20.8 Å². The standard InChI is InChI=1S/C17H14ClN3O3S/c1-21(2)17(23)10-5-6-11(18)12(8-10)19-15(22)13-9-25-16(20-13)14-4-3-7-24-14/h3-9H,1-2H3,(H,19,22). The Morgan fingerprint density at radius 1 is 1.28 bits per heavy atom. The van der Waals surface area contributed by atoms with Crippen molar-refractivity contribution < 1.29 is 14.0 Å². The molecule has 0 aliphatic carbocycles. The van der Waals surface area contributed by atoms with E-state index in [1.54, 1.807) is 56.1 Å². The van der Waals surface area contributed by atoms with E-state index in [4.69, 9.17) is 16.0 Å². The monoisotopic (exact) mass is 375 g/mol. The Balaban J connectivity index is 1.81. The summed E-state index contributed by atoms with van der Waals surface area (Å²) in [5.74, 6) is 0.00648. The lowest BCUT2D eigenvalue weighted by molar-refractivity contribution is 0.0827. The summed E-state index contributed by atoms with van der Waals surface area (Å²) in [4.78, 5) is 30.2. The molecule has 3 aromatic rings. The zero-order valence-electron chi connectivity index (χ0n) is 13.4. The first kappa shape index (κ1) is 17.2. The molecular formula is C17H14ClN3O3S. The van der Waals surface area contributed by atoms with Gasteiger partial charge in [0.2, 0.25) is 0 Å². The van der Waals surface area contributed by atoms with Gasteiger partial charge < -0.3 is 14.6 Å². The van der Waals surface area contributed by atoms with Crippen molar-refractivity contribution in [1.82, 2.24) is 9.88 Å². The lowest BCUT2D eigenvalue weighted by atomic mass is 10.1. The number of amides is 2. The van der Waals surface area contributed by atoms with Crippen molar-refractivity contribution in [3.63, 3.8) is 0 Å². The summed E-state index contributed by atoms with van der Waals surface area (Å²) in [5.41, 5.74) is 1.03. The highest BCUT2D eigenvalue weighted by Gasteiger charge is 2.16. The predicted octanol–water partition coefficient (Wildman–Crippen LogP) is 4.01. The quantitative estimate of drug-likeness (QED) is 0.747. The van der Waals surface area contributed by atoms with E-state index in [0.29, 0.717) is 27.0 Å². The molecule has 0 atom stereocenters. The maximum Gasteiger partial charge on any atom is 0.275 e. The van der Waals surface area contributed by atoms with Gasteiger partial charge in [0.15, 0.2) is 10.8 Å². The van der Waals surface area contributed by atoms with Crippen LogP contribution in [-0.2, 0) is 0 Å². The molecule has 0 radical (unpaired) electrons. The number of furan rings is 1. The van der Waals surface area contributed by atoms with E-state index in [1.165, 1.54) is 16.2 Å². The van der Waals surface area contributed by atoms with Crippen LogP contribution in [0, 0.1) is 0 Å². The number of aromatic nitrogens is 1. The molecule has 0 spiro atoms. The summed E-state index contributed by atoms with van der Waals surface area (Å²) in [5, 5.41) is 5.27. The fourth-order valence-corrected chi connectivity index (χ4v) is 3.02. The third-order valence-electron chi connectivity index (χ3n) is 3.34. The fourth-order valence-electron chi connectivity index (χ4n) is 2.09. The number of thiazole rings is 1. The Bertz CT molecular complexity index is 919. The number of anilines is 1. The lowest BCUT2D eigenvalue weighted by Crippen LogP contribution is -2.22. The Hall–Kier alpha value is -2.64. The van der Waals surface area contributed by atoms with Gasteiger partial charge in [-0.05, 0) is 30.3 Å². The van der Waals surface area contributed by atoms with E-state index >= 15 is 0 Å². The first-order valence-corrected chi connectivity index (χ1v) is 8.53. The molecule has 2 aromatic heterocycles. The number of carbonyl (C=O) groups is 2. The first-order valence-electron chi connectivity index (χ1n) is 7.27. The highest BCUT2D eigenvalue weighted by molar-refractivity contribution is 7.13. The molecule has 0 unspecified atom stereocenters. The van der Waals surface area contributed by atoms with E-state index in [9.17, 15) is 9.59 Å². The molecule has 0 bridgehead atoms. The zero-order valence-corrected chi connectivity index (χ0v) is 15.0. The molecular weight excluding hydrogens is 362 g/mol. The molecule has 3 rings (SSSR count). The summed E-state index contributed by atoms with van der Waals surface area (Å²) < 4.78 is 5.27. The van der Waals surface area contributed by atoms with Gasteiger partial charge in [0.25, 0.3) is 11.8 Å². The van der Waals surface area contributed by atoms with Gasteiger partial charge in [-0.3, -0.25) is 9.59 Å². The van der Waals surface area contributed by atoms with Crippen molar-refractivity contribution in [2.75, 3.05) is 19.4 Å². The summed E-state index contributed by atoms with van der Waals surface area (Å²) in [6, 6.07) is 8.25. The lowest BCUT2D eigenvalue weighted by Gasteiger charge is -2.12. The number of hydrogen-bond donors (Lipinski definition) is 1. The number of halogens is 1. The topological polar surface area (TPSA) is 75.4 Å². The molecule has 0 aliphatic heterocycles. The van der Waals surface area contributed by atoms with E-state index in [1.807, 2.05) is 0 Å². The van der Waals surface area contributed by atoms with Crippen molar-refractivity contribution >= 4 is 40.4 Å². The second kappa shape index (κ2) is 7.08. The molecule has 1 N–H and O–H groups in total. The first-order chi connectivity index (χ1) is 12.0. The van der Waals surface area contributed by atoms with Crippen molar-refractivity contribution in [1.29, 1.82) is 0 Å². The van der Waals surface area contributed by atoms with Crippen molar-refractivity contribution in [3.8, 4) is 10.8 Å². The van der Waals surface area contributed by atoms with E-state index in [-0.39, 0.29) is 11.6 Å². The highest BCUT2D eigenvalue weighted by atomic mass is 35.5. The largest absolute Gasteiger partial charge is 0.462 e. The molecule has 128 valence electrons. The Morgan fingerprint density at radius 3 is 2.76 bits per heavy atom. The van der Waals surface area contributed by atoms with E-state index in [0.717, 1.165) is 0 Å². The maximum atomic E-state index is 12.4. The molecule has 6 nitrogen and oxygen atoms in total. The van der Waals surface area contributed by atoms with Crippen LogP contribution in [0.5, 0.6) is 0 Å². The van der Waals surface area contributed by atoms with Crippen LogP contribution in [0.4, 0.5) is 5.69 Å². The predicted molar refractivity (Wildman–Crippen MR) is 97.2 cm³/mol. The van der Waals surface area contributed by atoms with Gasteiger partial charge >= 0.3 is 0 Å². The van der Waals surface area contributed by atoms with Crippen LogP contribution in [0.25, 0.3) is 10.8 Å². The molecule has 2 heterocycles. The number of benzene rings is 1. The minimum atomic E-state index is -0.412. The average Bonchev–Trinajstić information content (AvgIpc) is 3.27. The minimum Gasteiger partial charge on any atom is -0.462 e. The van der Waals surface area contributed by atoms with Crippen LogP contribution >= 0.6 is 22.9 Å². The van der Waals surface area contributed by atoms with Gasteiger partial charge in [0.1, 0.15) is 5.69 Å². The molecule has 0 fully saturated rings. The second-order valence-corrected chi connectivity index (χ2v) is 6.63. The minimum absolute atomic E-state index is 0.180. The smallest absolute Gasteiger partial charge is 0.275 e. The average molecular weight is 376 g/mol. The van der Waals surface area contributed by atoms with Gasteiger partial charge in [0.05, 0.1) is 17.0 Å². The Kier molecular flexibility index (Phi) is 4.87. The Morgan fingerprint density at radius 2 is 2.08 bits per heavy atom. The van der Waals surface area contributed by atoms with Gasteiger partial charge in [-0.25, -0.2) is 4.98 Å². The zero-order chi connectivity index (χ0) is 18.0. The molecule has 1 aromatic carbocycles. The van der Waals surface area contributed by atoms with Crippen molar-refractivity contribution in [2.45, 2.75) is 0 Å². The molecule has 2 amide bonds. The second-order valence-electron chi connectivity index (χ2n) is 5.36. The van der Waals surface area contributed by atoms with E-state index in [2.05, 4.69) is 10.3 Å². The summed E-state index contributed by atoms with van der Waals surface area (Å²) in [6.07, 6.45) is 1.55. The van der Waals surface area contributed by atoms with Gasteiger partial charge in [-0.2, -0.15) is 0 Å². The summed E-state index contributed by atoms with van der Waals surface area (Å²) in [7, 11) is 3.31. The van der Waals surface area contributed by atoms with Gasteiger partial charge in [-0.1, -0.05) is 11.6 Å². The van der Waals surface area contributed by atoms with E-state index < -0.39 is 5.91 Å². The van der Waals surface area contributed by atoms with Crippen LogP contribution in [0.15, 0.2) is 46.4 Å². The third kappa shape index (κ3) is 3.72. The Labute approximate surface area is 153 Å². The normalized spacial score (nSPS) is 10.5. The number of carbonyl (C=O) groups excluding carboxylic acids is 2. The van der Waals surface area contributed by atoms with Crippen molar-refractivity contribution in [3.05, 3.63) is 58.3 Å². The molecule has 25 heavy (non-hydrogen) atoms. The SMILES string of the molecule is CN(C)C(=O)c1ccc(Cl)c(NC(=O)c2csc(-c3ccco3)n2)c1. The molecule has 0 saturated heterocycles. The molecule has 0 aliphatic rings. The van der Waals surface area contributed by atoms with Crippen LogP contribution in [0.3, 0.4) is 0 Å². The summed E-state index contributed by atoms with van der Waals surface area (Å²) in [6.45, 7) is 0. The maximum absolute atomic E-state index is 12.4. The van der Waals surface area contributed by atoms with Gasteiger partial charge in [0, 0.05) is 25.0 Å². The van der Waals surface area contributed by atoms with Crippen molar-refractivity contribution in [2.24, 2.45) is 0 Å². The number of nitrogens with zero attached hydrogens (tertiary/aromatic N) is 2. The van der Waals surface area contributed by atoms with Crippen LogP contribution in [0.2, 0.25) is 5.02 Å².